The van der Waals surface area contributed by atoms with Gasteiger partial charge in [-0.05, 0) is 43.3 Å². The fourth-order valence-electron chi connectivity index (χ4n) is 1.95. The van der Waals surface area contributed by atoms with Gasteiger partial charge in [0, 0.05) is 11.3 Å². The van der Waals surface area contributed by atoms with E-state index in [1.165, 1.54) is 18.7 Å². The lowest BCUT2D eigenvalue weighted by Gasteiger charge is -2.04. The third kappa shape index (κ3) is 3.90. The van der Waals surface area contributed by atoms with E-state index in [-0.39, 0.29) is 17.4 Å². The van der Waals surface area contributed by atoms with Crippen LogP contribution >= 0.6 is 11.8 Å². The highest BCUT2D eigenvalue weighted by Crippen LogP contribution is 2.19. The molecule has 0 bridgehead atoms. The van der Waals surface area contributed by atoms with Crippen LogP contribution in [0.2, 0.25) is 0 Å². The molecule has 0 aliphatic carbocycles. The van der Waals surface area contributed by atoms with Gasteiger partial charge in [0.05, 0.1) is 12.0 Å². The summed E-state index contributed by atoms with van der Waals surface area (Å²) in [7, 11) is 0. The molecule has 3 aromatic rings. The molecule has 1 aromatic carbocycles. The molecule has 2 heterocycles. The van der Waals surface area contributed by atoms with Gasteiger partial charge in [-0.1, -0.05) is 11.8 Å². The third-order valence-corrected chi connectivity index (χ3v) is 3.97. The van der Waals surface area contributed by atoms with E-state index >= 15 is 0 Å². The molecule has 0 atom stereocenters. The number of aromatic amines is 1. The van der Waals surface area contributed by atoms with Crippen LogP contribution in [0.25, 0.3) is 11.6 Å². The molecule has 0 saturated heterocycles. The molecule has 0 saturated carbocycles. The van der Waals surface area contributed by atoms with Gasteiger partial charge in [-0.3, -0.25) is 14.7 Å². The molecule has 2 N–H and O–H groups in total. The van der Waals surface area contributed by atoms with Crippen LogP contribution in [0.5, 0.6) is 0 Å². The monoisotopic (exact) mass is 342 g/mol. The number of ketones is 1. The molecule has 0 aliphatic heterocycles. The molecule has 7 nitrogen and oxygen atoms in total. The fourth-order valence-corrected chi connectivity index (χ4v) is 2.55. The number of anilines is 1. The lowest BCUT2D eigenvalue weighted by atomic mass is 10.1. The number of nitrogens with one attached hydrogen (secondary N) is 2. The van der Waals surface area contributed by atoms with Crippen molar-refractivity contribution < 1.29 is 14.0 Å². The van der Waals surface area contributed by atoms with Crippen LogP contribution in [-0.2, 0) is 4.79 Å². The Morgan fingerprint density at radius 3 is 2.71 bits per heavy atom. The van der Waals surface area contributed by atoms with Crippen molar-refractivity contribution in [1.29, 1.82) is 0 Å². The summed E-state index contributed by atoms with van der Waals surface area (Å²) in [6.45, 7) is 1.50. The number of furan rings is 1. The highest BCUT2D eigenvalue weighted by molar-refractivity contribution is 7.99. The Hall–Kier alpha value is -2.87. The van der Waals surface area contributed by atoms with Crippen molar-refractivity contribution >= 4 is 29.1 Å². The standard InChI is InChI=1S/C16H14N4O3S/c1-10(21)11-4-6-12(7-5-11)17-14(22)9-24-16-18-15(19-20-16)13-3-2-8-23-13/h2-8H,9H2,1H3,(H,17,22)(H,18,19,20). The summed E-state index contributed by atoms with van der Waals surface area (Å²) in [6.07, 6.45) is 1.55. The SMILES string of the molecule is CC(=O)c1ccc(NC(=O)CSc2n[nH]c(-c3ccco3)n2)cc1. The first-order valence-corrected chi connectivity index (χ1v) is 8.10. The number of Topliss-reactive ketones (excluding diaryl/α,β-unsaturated/α-hetero) is 1. The Kier molecular flexibility index (Phi) is 4.76. The van der Waals surface area contributed by atoms with Crippen LogP contribution in [0.4, 0.5) is 5.69 Å². The largest absolute Gasteiger partial charge is 0.461 e. The smallest absolute Gasteiger partial charge is 0.234 e. The zero-order valence-electron chi connectivity index (χ0n) is 12.8. The van der Waals surface area contributed by atoms with Crippen LogP contribution in [0.15, 0.2) is 52.2 Å². The summed E-state index contributed by atoms with van der Waals surface area (Å²) in [5.41, 5.74) is 1.24. The number of H-pyrrole nitrogens is 1. The predicted octanol–water partition coefficient (Wildman–Crippen LogP) is 3.00. The molecule has 122 valence electrons. The highest BCUT2D eigenvalue weighted by Gasteiger charge is 2.10. The Bertz CT molecular complexity index is 841. The number of benzene rings is 1. The molecule has 3 rings (SSSR count). The number of carbonyl (C=O) groups excluding carboxylic acids is 2. The van der Waals surface area contributed by atoms with Gasteiger partial charge in [0.1, 0.15) is 0 Å². The van der Waals surface area contributed by atoms with E-state index in [2.05, 4.69) is 20.5 Å². The second-order valence-electron chi connectivity index (χ2n) is 4.91. The third-order valence-electron chi connectivity index (χ3n) is 3.13. The summed E-state index contributed by atoms with van der Waals surface area (Å²) in [5.74, 6) is 1.08. The van der Waals surface area contributed by atoms with E-state index in [1.54, 1.807) is 42.7 Å². The second-order valence-corrected chi connectivity index (χ2v) is 5.86. The topological polar surface area (TPSA) is 101 Å². The molecule has 0 radical (unpaired) electrons. The number of carbonyl (C=O) groups is 2. The van der Waals surface area contributed by atoms with Crippen molar-refractivity contribution in [1.82, 2.24) is 15.2 Å². The minimum absolute atomic E-state index is 0.0135. The van der Waals surface area contributed by atoms with Crippen molar-refractivity contribution in [3.63, 3.8) is 0 Å². The molecule has 24 heavy (non-hydrogen) atoms. The number of nitrogens with zero attached hydrogens (tertiary/aromatic N) is 2. The van der Waals surface area contributed by atoms with Crippen LogP contribution < -0.4 is 5.32 Å². The van der Waals surface area contributed by atoms with E-state index < -0.39 is 0 Å². The molecule has 0 unspecified atom stereocenters. The average Bonchev–Trinajstić information content (AvgIpc) is 3.25. The summed E-state index contributed by atoms with van der Waals surface area (Å²) < 4.78 is 5.22. The Labute approximate surface area is 141 Å². The van der Waals surface area contributed by atoms with Crippen molar-refractivity contribution in [3.8, 4) is 11.6 Å². The van der Waals surface area contributed by atoms with E-state index in [4.69, 9.17) is 4.42 Å². The van der Waals surface area contributed by atoms with E-state index in [0.717, 1.165) is 0 Å². The van der Waals surface area contributed by atoms with Gasteiger partial charge in [0.25, 0.3) is 0 Å². The van der Waals surface area contributed by atoms with Gasteiger partial charge in [-0.15, -0.1) is 5.10 Å². The highest BCUT2D eigenvalue weighted by atomic mass is 32.2. The van der Waals surface area contributed by atoms with Crippen molar-refractivity contribution in [2.24, 2.45) is 0 Å². The van der Waals surface area contributed by atoms with Gasteiger partial charge in [0.2, 0.25) is 11.1 Å². The molecule has 1 amide bonds. The Morgan fingerprint density at radius 2 is 2.04 bits per heavy atom. The maximum absolute atomic E-state index is 12.0. The Morgan fingerprint density at radius 1 is 1.25 bits per heavy atom. The summed E-state index contributed by atoms with van der Waals surface area (Å²) in [4.78, 5) is 27.4. The average molecular weight is 342 g/mol. The van der Waals surface area contributed by atoms with E-state index in [0.29, 0.717) is 28.0 Å². The minimum Gasteiger partial charge on any atom is -0.461 e. The molecular formula is C16H14N4O3S. The number of thioether (sulfide) groups is 1. The van der Waals surface area contributed by atoms with Crippen LogP contribution in [0.1, 0.15) is 17.3 Å². The quantitative estimate of drug-likeness (QED) is 0.527. The first-order valence-electron chi connectivity index (χ1n) is 7.12. The van der Waals surface area contributed by atoms with Gasteiger partial charge < -0.3 is 9.73 Å². The van der Waals surface area contributed by atoms with Crippen LogP contribution in [-0.4, -0.2) is 32.6 Å². The molecule has 0 spiro atoms. The van der Waals surface area contributed by atoms with Crippen LogP contribution in [0, 0.1) is 0 Å². The van der Waals surface area contributed by atoms with Crippen molar-refractivity contribution in [3.05, 3.63) is 48.2 Å². The van der Waals surface area contributed by atoms with E-state index in [1.807, 2.05) is 0 Å². The Balaban J connectivity index is 1.53. The zero-order chi connectivity index (χ0) is 16.9. The second kappa shape index (κ2) is 7.14. The van der Waals surface area contributed by atoms with Crippen LogP contribution in [0.3, 0.4) is 0 Å². The van der Waals surface area contributed by atoms with Gasteiger partial charge in [0.15, 0.2) is 17.4 Å². The summed E-state index contributed by atoms with van der Waals surface area (Å²) in [5, 5.41) is 10.0. The zero-order valence-corrected chi connectivity index (χ0v) is 13.6. The van der Waals surface area contributed by atoms with Gasteiger partial charge in [-0.2, -0.15) is 4.98 Å². The number of amides is 1. The molecule has 2 aromatic heterocycles. The van der Waals surface area contributed by atoms with E-state index in [9.17, 15) is 9.59 Å². The van der Waals surface area contributed by atoms with Gasteiger partial charge in [-0.25, -0.2) is 0 Å². The van der Waals surface area contributed by atoms with Crippen molar-refractivity contribution in [2.75, 3.05) is 11.1 Å². The lowest BCUT2D eigenvalue weighted by molar-refractivity contribution is -0.113. The number of rotatable bonds is 6. The number of hydrogen-bond donors (Lipinski definition) is 2. The van der Waals surface area contributed by atoms with Crippen molar-refractivity contribution in [2.45, 2.75) is 12.1 Å². The molecular weight excluding hydrogens is 328 g/mol. The molecule has 0 aliphatic rings. The predicted molar refractivity (Wildman–Crippen MR) is 89.9 cm³/mol. The number of aromatic nitrogens is 3. The number of hydrogen-bond acceptors (Lipinski definition) is 6. The van der Waals surface area contributed by atoms with Gasteiger partial charge >= 0.3 is 0 Å². The molecule has 0 fully saturated rings. The molecule has 8 heteroatoms. The fraction of sp³-hybridized carbons (Fsp3) is 0.125. The first kappa shape index (κ1) is 16.0. The minimum atomic E-state index is -0.181. The maximum atomic E-state index is 12.0. The lowest BCUT2D eigenvalue weighted by Crippen LogP contribution is -2.14. The first-order chi connectivity index (χ1) is 11.6. The summed E-state index contributed by atoms with van der Waals surface area (Å²) >= 11 is 1.21. The summed E-state index contributed by atoms with van der Waals surface area (Å²) in [6, 6.07) is 10.3. The normalized spacial score (nSPS) is 10.5. The maximum Gasteiger partial charge on any atom is 0.234 e.